The van der Waals surface area contributed by atoms with E-state index in [1.165, 1.54) is 5.56 Å². The fourth-order valence-corrected chi connectivity index (χ4v) is 2.53. The fourth-order valence-electron chi connectivity index (χ4n) is 2.15. The molecule has 0 amide bonds. The lowest BCUT2D eigenvalue weighted by Crippen LogP contribution is -1.91. The van der Waals surface area contributed by atoms with Gasteiger partial charge < -0.3 is 10.7 Å². The Bertz CT molecular complexity index is 746. The lowest BCUT2D eigenvalue weighted by molar-refractivity contribution is 1.14. The van der Waals surface area contributed by atoms with E-state index in [4.69, 9.17) is 5.73 Å². The number of nitrogen functional groups attached to an aromatic ring is 1. The Morgan fingerprint density at radius 3 is 2.79 bits per heavy atom. The van der Waals surface area contributed by atoms with Gasteiger partial charge in [-0.15, -0.1) is 0 Å². The number of aromatic amines is 1. The number of anilines is 1. The summed E-state index contributed by atoms with van der Waals surface area (Å²) in [6.07, 6.45) is 1.02. The van der Waals surface area contributed by atoms with Crippen molar-refractivity contribution in [2.45, 2.75) is 13.3 Å². The van der Waals surface area contributed by atoms with Crippen molar-refractivity contribution >= 4 is 32.7 Å². The molecule has 3 rings (SSSR count). The van der Waals surface area contributed by atoms with Crippen LogP contribution in [0.3, 0.4) is 0 Å². The van der Waals surface area contributed by atoms with E-state index in [9.17, 15) is 0 Å². The van der Waals surface area contributed by atoms with E-state index in [2.05, 4.69) is 45.0 Å². The number of H-pyrrole nitrogens is 1. The van der Waals surface area contributed by atoms with Gasteiger partial charge in [-0.1, -0.05) is 28.9 Å². The number of halogens is 1. The van der Waals surface area contributed by atoms with Crippen LogP contribution in [0.2, 0.25) is 0 Å². The van der Waals surface area contributed by atoms with Crippen molar-refractivity contribution in [3.8, 4) is 11.4 Å². The van der Waals surface area contributed by atoms with Crippen LogP contribution in [0.25, 0.3) is 22.4 Å². The lowest BCUT2D eigenvalue weighted by atomic mass is 10.1. The highest BCUT2D eigenvalue weighted by Gasteiger charge is 2.08. The van der Waals surface area contributed by atoms with Crippen molar-refractivity contribution in [1.29, 1.82) is 0 Å². The molecule has 4 heteroatoms. The summed E-state index contributed by atoms with van der Waals surface area (Å²) in [5, 5.41) is 0. The van der Waals surface area contributed by atoms with Crippen molar-refractivity contribution in [2.24, 2.45) is 0 Å². The zero-order valence-electron chi connectivity index (χ0n) is 10.6. The number of hydrogen-bond donors (Lipinski definition) is 2. The number of nitrogens with zero attached hydrogens (tertiary/aromatic N) is 1. The number of imidazole rings is 1. The second-order valence-corrected chi connectivity index (χ2v) is 5.44. The molecule has 0 atom stereocenters. The van der Waals surface area contributed by atoms with Crippen LogP contribution in [0.1, 0.15) is 12.5 Å². The predicted octanol–water partition coefficient (Wildman–Crippen LogP) is 4.14. The minimum absolute atomic E-state index is 0.712. The molecule has 2 aromatic carbocycles. The monoisotopic (exact) mass is 315 g/mol. The van der Waals surface area contributed by atoms with Gasteiger partial charge in [0, 0.05) is 15.7 Å². The van der Waals surface area contributed by atoms with E-state index >= 15 is 0 Å². The van der Waals surface area contributed by atoms with Crippen LogP contribution in [-0.4, -0.2) is 9.97 Å². The van der Waals surface area contributed by atoms with Crippen molar-refractivity contribution in [2.75, 3.05) is 5.73 Å². The Hall–Kier alpha value is -1.81. The van der Waals surface area contributed by atoms with Crippen molar-refractivity contribution < 1.29 is 0 Å². The minimum Gasteiger partial charge on any atom is -0.398 e. The van der Waals surface area contributed by atoms with Crippen LogP contribution in [0, 0.1) is 0 Å². The molecule has 96 valence electrons. The van der Waals surface area contributed by atoms with E-state index in [0.717, 1.165) is 33.3 Å². The summed E-state index contributed by atoms with van der Waals surface area (Å²) in [4.78, 5) is 7.94. The number of fused-ring (bicyclic) bond motifs is 1. The molecule has 0 aliphatic heterocycles. The molecule has 3 nitrogen and oxygen atoms in total. The standard InChI is InChI=1S/C15H14BrN3/c1-2-9-3-6-13-14(7-9)19-15(18-13)11-5-4-10(16)8-12(11)17/h3-8H,2,17H2,1H3,(H,18,19). The highest BCUT2D eigenvalue weighted by atomic mass is 79.9. The van der Waals surface area contributed by atoms with E-state index in [-0.39, 0.29) is 0 Å². The maximum Gasteiger partial charge on any atom is 0.140 e. The quantitative estimate of drug-likeness (QED) is 0.698. The normalized spacial score (nSPS) is 11.1. The third kappa shape index (κ3) is 2.24. The topological polar surface area (TPSA) is 54.7 Å². The van der Waals surface area contributed by atoms with Gasteiger partial charge in [-0.3, -0.25) is 0 Å². The highest BCUT2D eigenvalue weighted by Crippen LogP contribution is 2.28. The molecule has 0 fully saturated rings. The van der Waals surface area contributed by atoms with Crippen molar-refractivity contribution in [3.05, 3.63) is 46.4 Å². The van der Waals surface area contributed by atoms with Crippen LogP contribution in [0.4, 0.5) is 5.69 Å². The van der Waals surface area contributed by atoms with Gasteiger partial charge in [0.05, 0.1) is 11.0 Å². The first-order chi connectivity index (χ1) is 9.17. The fraction of sp³-hybridized carbons (Fsp3) is 0.133. The molecule has 0 unspecified atom stereocenters. The summed E-state index contributed by atoms with van der Waals surface area (Å²) in [6.45, 7) is 2.14. The average Bonchev–Trinajstić information content (AvgIpc) is 2.80. The van der Waals surface area contributed by atoms with Crippen LogP contribution in [0.5, 0.6) is 0 Å². The van der Waals surface area contributed by atoms with Gasteiger partial charge in [-0.05, 0) is 42.3 Å². The van der Waals surface area contributed by atoms with Gasteiger partial charge >= 0.3 is 0 Å². The number of benzene rings is 2. The first kappa shape index (κ1) is 12.2. The Kier molecular flexibility index (Phi) is 3.03. The first-order valence-corrected chi connectivity index (χ1v) is 7.00. The molecule has 3 N–H and O–H groups in total. The summed E-state index contributed by atoms with van der Waals surface area (Å²) in [5.41, 5.74) is 11.0. The smallest absolute Gasteiger partial charge is 0.140 e. The number of rotatable bonds is 2. The second-order valence-electron chi connectivity index (χ2n) is 4.52. The largest absolute Gasteiger partial charge is 0.398 e. The predicted molar refractivity (Wildman–Crippen MR) is 83.0 cm³/mol. The maximum absolute atomic E-state index is 6.04. The second kappa shape index (κ2) is 4.70. The summed E-state index contributed by atoms with van der Waals surface area (Å²) >= 11 is 3.41. The van der Waals surface area contributed by atoms with E-state index in [1.54, 1.807) is 0 Å². The number of aryl methyl sites for hydroxylation is 1. The van der Waals surface area contributed by atoms with Crippen molar-refractivity contribution in [1.82, 2.24) is 9.97 Å². The number of nitrogens with one attached hydrogen (secondary N) is 1. The summed E-state index contributed by atoms with van der Waals surface area (Å²) in [7, 11) is 0. The van der Waals surface area contributed by atoms with Gasteiger partial charge in [0.25, 0.3) is 0 Å². The SMILES string of the molecule is CCc1ccc2nc(-c3ccc(Br)cc3N)[nH]c2c1. The van der Waals surface area contributed by atoms with E-state index in [1.807, 2.05) is 24.3 Å². The molecule has 3 aromatic rings. The molecular weight excluding hydrogens is 302 g/mol. The third-order valence-electron chi connectivity index (χ3n) is 3.22. The minimum atomic E-state index is 0.712. The third-order valence-corrected chi connectivity index (χ3v) is 3.72. The van der Waals surface area contributed by atoms with E-state index in [0.29, 0.717) is 5.69 Å². The zero-order chi connectivity index (χ0) is 13.4. The molecular formula is C15H14BrN3. The summed E-state index contributed by atoms with van der Waals surface area (Å²) in [6, 6.07) is 12.1. The Morgan fingerprint density at radius 2 is 2.05 bits per heavy atom. The molecule has 0 aliphatic carbocycles. The summed E-state index contributed by atoms with van der Waals surface area (Å²) < 4.78 is 0.970. The highest BCUT2D eigenvalue weighted by molar-refractivity contribution is 9.10. The maximum atomic E-state index is 6.04. The Morgan fingerprint density at radius 1 is 1.21 bits per heavy atom. The van der Waals surface area contributed by atoms with Crippen molar-refractivity contribution in [3.63, 3.8) is 0 Å². The Balaban J connectivity index is 2.14. The van der Waals surface area contributed by atoms with Crippen LogP contribution in [-0.2, 0) is 6.42 Å². The molecule has 0 spiro atoms. The molecule has 19 heavy (non-hydrogen) atoms. The van der Waals surface area contributed by atoms with Gasteiger partial charge in [0.15, 0.2) is 0 Å². The van der Waals surface area contributed by atoms with Gasteiger partial charge in [-0.2, -0.15) is 0 Å². The zero-order valence-corrected chi connectivity index (χ0v) is 12.2. The Labute approximate surface area is 120 Å². The molecule has 0 saturated heterocycles. The number of aromatic nitrogens is 2. The van der Waals surface area contributed by atoms with E-state index < -0.39 is 0 Å². The molecule has 1 heterocycles. The number of hydrogen-bond acceptors (Lipinski definition) is 2. The lowest BCUT2D eigenvalue weighted by Gasteiger charge is -2.02. The molecule has 0 aliphatic rings. The average molecular weight is 316 g/mol. The van der Waals surface area contributed by atoms with Gasteiger partial charge in [-0.25, -0.2) is 4.98 Å². The van der Waals surface area contributed by atoms with Gasteiger partial charge in [0.2, 0.25) is 0 Å². The molecule has 0 radical (unpaired) electrons. The molecule has 0 bridgehead atoms. The van der Waals surface area contributed by atoms with Crippen LogP contribution in [0.15, 0.2) is 40.9 Å². The first-order valence-electron chi connectivity index (χ1n) is 6.21. The molecule has 1 aromatic heterocycles. The summed E-state index contributed by atoms with van der Waals surface area (Å²) in [5.74, 6) is 0.813. The molecule has 0 saturated carbocycles. The number of nitrogens with two attached hydrogens (primary N) is 1. The van der Waals surface area contributed by atoms with Gasteiger partial charge in [0.1, 0.15) is 5.82 Å². The van der Waals surface area contributed by atoms with Crippen LogP contribution < -0.4 is 5.73 Å². The van der Waals surface area contributed by atoms with Crippen LogP contribution >= 0.6 is 15.9 Å².